The SMILES string of the molecule is COc1cc(/C=C/C(=O)O)cc(Cl)c1OCc1ccc(F)cc1Cl. The number of benzene rings is 2. The van der Waals surface area contributed by atoms with Crippen LogP contribution in [-0.2, 0) is 11.4 Å². The van der Waals surface area contributed by atoms with Crippen LogP contribution in [0.25, 0.3) is 6.08 Å². The van der Waals surface area contributed by atoms with Crippen molar-refractivity contribution >= 4 is 35.2 Å². The molecule has 0 fully saturated rings. The molecule has 0 aliphatic rings. The molecule has 1 N–H and O–H groups in total. The number of aliphatic carboxylic acids is 1. The molecule has 0 spiro atoms. The lowest BCUT2D eigenvalue weighted by Crippen LogP contribution is -2.00. The summed E-state index contributed by atoms with van der Waals surface area (Å²) >= 11 is 12.1. The topological polar surface area (TPSA) is 55.8 Å². The molecule has 0 heterocycles. The molecule has 0 aliphatic carbocycles. The van der Waals surface area contributed by atoms with Crippen molar-refractivity contribution in [2.45, 2.75) is 6.61 Å². The third-order valence-corrected chi connectivity index (χ3v) is 3.69. The Labute approximate surface area is 148 Å². The van der Waals surface area contributed by atoms with Gasteiger partial charge in [0.2, 0.25) is 0 Å². The van der Waals surface area contributed by atoms with Crippen molar-refractivity contribution in [2.75, 3.05) is 7.11 Å². The summed E-state index contributed by atoms with van der Waals surface area (Å²) in [6.45, 7) is 0.0690. The van der Waals surface area contributed by atoms with Crippen LogP contribution in [0.1, 0.15) is 11.1 Å². The molecular formula is C17H13Cl2FO4. The molecule has 0 radical (unpaired) electrons. The van der Waals surface area contributed by atoms with Gasteiger partial charge in [-0.3, -0.25) is 0 Å². The number of ether oxygens (including phenoxy) is 2. The maximum Gasteiger partial charge on any atom is 0.328 e. The smallest absolute Gasteiger partial charge is 0.328 e. The molecule has 126 valence electrons. The highest BCUT2D eigenvalue weighted by Crippen LogP contribution is 2.37. The fourth-order valence-electron chi connectivity index (χ4n) is 1.93. The van der Waals surface area contributed by atoms with Gasteiger partial charge in [-0.15, -0.1) is 0 Å². The number of halogens is 3. The van der Waals surface area contributed by atoms with E-state index in [9.17, 15) is 9.18 Å². The third kappa shape index (κ3) is 4.63. The first-order chi connectivity index (χ1) is 11.4. The molecule has 0 saturated heterocycles. The van der Waals surface area contributed by atoms with Crippen LogP contribution in [0.2, 0.25) is 10.0 Å². The van der Waals surface area contributed by atoms with Gasteiger partial charge in [-0.05, 0) is 35.9 Å². The molecule has 7 heteroatoms. The molecule has 0 saturated carbocycles. The van der Waals surface area contributed by atoms with E-state index in [0.717, 1.165) is 6.08 Å². The van der Waals surface area contributed by atoms with Crippen molar-refractivity contribution in [3.63, 3.8) is 0 Å². The summed E-state index contributed by atoms with van der Waals surface area (Å²) in [6.07, 6.45) is 2.38. The normalized spacial score (nSPS) is 10.8. The minimum absolute atomic E-state index is 0.0690. The predicted octanol–water partition coefficient (Wildman–Crippen LogP) is 4.82. The van der Waals surface area contributed by atoms with E-state index in [1.807, 2.05) is 0 Å². The highest BCUT2D eigenvalue weighted by atomic mass is 35.5. The molecule has 0 unspecified atom stereocenters. The highest BCUT2D eigenvalue weighted by Gasteiger charge is 2.13. The Bertz CT molecular complexity index is 790. The van der Waals surface area contributed by atoms with Crippen molar-refractivity contribution in [3.8, 4) is 11.5 Å². The Hall–Kier alpha value is -2.24. The maximum absolute atomic E-state index is 13.1. The molecular weight excluding hydrogens is 358 g/mol. The average molecular weight is 371 g/mol. The van der Waals surface area contributed by atoms with Crippen molar-refractivity contribution in [1.82, 2.24) is 0 Å². The van der Waals surface area contributed by atoms with E-state index in [-0.39, 0.29) is 22.4 Å². The van der Waals surface area contributed by atoms with Gasteiger partial charge in [0.25, 0.3) is 0 Å². The Morgan fingerprint density at radius 1 is 1.25 bits per heavy atom. The fourth-order valence-corrected chi connectivity index (χ4v) is 2.43. The first-order valence-corrected chi connectivity index (χ1v) is 7.51. The lowest BCUT2D eigenvalue weighted by atomic mass is 10.2. The van der Waals surface area contributed by atoms with Crippen LogP contribution in [0, 0.1) is 5.82 Å². The van der Waals surface area contributed by atoms with Crippen molar-refractivity contribution < 1.29 is 23.8 Å². The van der Waals surface area contributed by atoms with E-state index in [1.165, 1.54) is 31.4 Å². The minimum atomic E-state index is -1.07. The van der Waals surface area contributed by atoms with Gasteiger partial charge in [0, 0.05) is 11.6 Å². The number of rotatable bonds is 6. The molecule has 0 bridgehead atoms. The van der Waals surface area contributed by atoms with Gasteiger partial charge in [0.15, 0.2) is 11.5 Å². The van der Waals surface area contributed by atoms with E-state index in [2.05, 4.69) is 0 Å². The van der Waals surface area contributed by atoms with Gasteiger partial charge in [0.05, 0.1) is 17.2 Å². The standard InChI is InChI=1S/C17H13Cl2FO4/c1-23-15-7-10(2-5-16(21)22)6-14(19)17(15)24-9-11-3-4-12(20)8-13(11)18/h2-8H,9H2,1H3,(H,21,22)/b5-2+. The molecule has 0 amide bonds. The van der Waals surface area contributed by atoms with Crippen LogP contribution in [-0.4, -0.2) is 18.2 Å². The van der Waals surface area contributed by atoms with Gasteiger partial charge >= 0.3 is 5.97 Å². The molecule has 24 heavy (non-hydrogen) atoms. The van der Waals surface area contributed by atoms with E-state index < -0.39 is 11.8 Å². The number of carboxylic acid groups (broad SMARTS) is 1. The summed E-state index contributed by atoms with van der Waals surface area (Å²) in [5.74, 6) is -0.886. The number of methoxy groups -OCH3 is 1. The van der Waals surface area contributed by atoms with Crippen LogP contribution >= 0.6 is 23.2 Å². The highest BCUT2D eigenvalue weighted by molar-refractivity contribution is 6.32. The van der Waals surface area contributed by atoms with Gasteiger partial charge < -0.3 is 14.6 Å². The largest absolute Gasteiger partial charge is 0.493 e. The summed E-state index contributed by atoms with van der Waals surface area (Å²) in [6, 6.07) is 7.13. The number of hydrogen-bond donors (Lipinski definition) is 1. The van der Waals surface area contributed by atoms with Crippen LogP contribution in [0.3, 0.4) is 0 Å². The van der Waals surface area contributed by atoms with E-state index in [4.69, 9.17) is 37.8 Å². The fraction of sp³-hybridized carbons (Fsp3) is 0.118. The Balaban J connectivity index is 2.24. The lowest BCUT2D eigenvalue weighted by Gasteiger charge is -2.14. The minimum Gasteiger partial charge on any atom is -0.493 e. The summed E-state index contributed by atoms with van der Waals surface area (Å²) in [4.78, 5) is 10.6. The van der Waals surface area contributed by atoms with Crippen molar-refractivity contribution in [2.24, 2.45) is 0 Å². The van der Waals surface area contributed by atoms with E-state index in [1.54, 1.807) is 12.1 Å². The first kappa shape index (κ1) is 18.1. The molecule has 0 aliphatic heterocycles. The number of hydrogen-bond acceptors (Lipinski definition) is 3. The molecule has 4 nitrogen and oxygen atoms in total. The van der Waals surface area contributed by atoms with Crippen LogP contribution < -0.4 is 9.47 Å². The number of carbonyl (C=O) groups is 1. The van der Waals surface area contributed by atoms with Gasteiger partial charge in [-0.2, -0.15) is 0 Å². The molecule has 2 rings (SSSR count). The summed E-state index contributed by atoms with van der Waals surface area (Å²) in [5.41, 5.74) is 1.14. The van der Waals surface area contributed by atoms with E-state index >= 15 is 0 Å². The van der Waals surface area contributed by atoms with Crippen LogP contribution in [0.4, 0.5) is 4.39 Å². The zero-order valence-corrected chi connectivity index (χ0v) is 14.1. The first-order valence-electron chi connectivity index (χ1n) is 6.76. The molecule has 2 aromatic rings. The second-order valence-corrected chi connectivity index (χ2v) is 5.54. The van der Waals surface area contributed by atoms with Crippen LogP contribution in [0.5, 0.6) is 11.5 Å². The third-order valence-electron chi connectivity index (χ3n) is 3.06. The summed E-state index contributed by atoms with van der Waals surface area (Å²) in [7, 11) is 1.44. The van der Waals surface area contributed by atoms with Gasteiger partial charge in [0.1, 0.15) is 12.4 Å². The van der Waals surface area contributed by atoms with Gasteiger partial charge in [-0.25, -0.2) is 9.18 Å². The Morgan fingerprint density at radius 3 is 2.62 bits per heavy atom. The molecule has 0 aromatic heterocycles. The summed E-state index contributed by atoms with van der Waals surface area (Å²) < 4.78 is 23.9. The van der Waals surface area contributed by atoms with Crippen molar-refractivity contribution in [1.29, 1.82) is 0 Å². The second-order valence-electron chi connectivity index (χ2n) is 4.73. The summed E-state index contributed by atoms with van der Waals surface area (Å²) in [5, 5.41) is 9.16. The second kappa shape index (κ2) is 8.04. The van der Waals surface area contributed by atoms with E-state index in [0.29, 0.717) is 16.9 Å². The Morgan fingerprint density at radius 2 is 2.00 bits per heavy atom. The monoisotopic (exact) mass is 370 g/mol. The average Bonchev–Trinajstić information content (AvgIpc) is 2.52. The lowest BCUT2D eigenvalue weighted by molar-refractivity contribution is -0.131. The maximum atomic E-state index is 13.1. The van der Waals surface area contributed by atoms with Crippen molar-refractivity contribution in [3.05, 3.63) is 63.4 Å². The molecule has 0 atom stereocenters. The number of carboxylic acids is 1. The Kier molecular flexibility index (Phi) is 6.06. The molecule has 2 aromatic carbocycles. The zero-order valence-electron chi connectivity index (χ0n) is 12.6. The predicted molar refractivity (Wildman–Crippen MR) is 90.4 cm³/mol. The quantitative estimate of drug-likeness (QED) is 0.740. The van der Waals surface area contributed by atoms with Crippen LogP contribution in [0.15, 0.2) is 36.4 Å². The zero-order chi connectivity index (χ0) is 17.7. The van der Waals surface area contributed by atoms with Gasteiger partial charge in [-0.1, -0.05) is 29.3 Å².